The van der Waals surface area contributed by atoms with Gasteiger partial charge in [-0.2, -0.15) is 0 Å². The van der Waals surface area contributed by atoms with Crippen molar-refractivity contribution in [1.82, 2.24) is 0 Å². The number of esters is 1. The van der Waals surface area contributed by atoms with Gasteiger partial charge in [0.15, 0.2) is 0 Å². The van der Waals surface area contributed by atoms with E-state index in [4.69, 9.17) is 4.74 Å². The van der Waals surface area contributed by atoms with Crippen LogP contribution in [0.2, 0.25) is 0 Å². The van der Waals surface area contributed by atoms with E-state index < -0.39 is 28.4 Å². The van der Waals surface area contributed by atoms with Gasteiger partial charge in [0, 0.05) is 4.88 Å². The van der Waals surface area contributed by atoms with E-state index in [1.165, 1.54) is 30.6 Å². The van der Waals surface area contributed by atoms with Gasteiger partial charge in [-0.15, -0.1) is 11.3 Å². The normalized spacial score (nSPS) is 13.1. The number of anilines is 2. The molecular formula is C26H28N2O5S2. The first-order valence-corrected chi connectivity index (χ1v) is 13.8. The summed E-state index contributed by atoms with van der Waals surface area (Å²) in [5, 5.41) is 3.21. The van der Waals surface area contributed by atoms with Crippen molar-refractivity contribution < 1.29 is 22.7 Å². The summed E-state index contributed by atoms with van der Waals surface area (Å²) < 4.78 is 33.1. The molecule has 3 aromatic rings. The van der Waals surface area contributed by atoms with E-state index in [1.54, 1.807) is 30.3 Å². The van der Waals surface area contributed by atoms with Crippen molar-refractivity contribution >= 4 is 43.9 Å². The number of rotatable bonds is 8. The molecule has 2 aromatic carbocycles. The fourth-order valence-electron chi connectivity index (χ4n) is 4.20. The zero-order chi connectivity index (χ0) is 25.0. The maximum atomic E-state index is 13.5. The van der Waals surface area contributed by atoms with Crippen molar-refractivity contribution in [2.45, 2.75) is 43.9 Å². The smallest absolute Gasteiger partial charge is 0.341 e. The number of carbonyl (C=O) groups excluding carboxylic acids is 2. The maximum Gasteiger partial charge on any atom is 0.341 e. The molecule has 7 nitrogen and oxygen atoms in total. The fraction of sp³-hybridized carbons (Fsp3) is 0.308. The van der Waals surface area contributed by atoms with Crippen LogP contribution < -0.4 is 9.62 Å². The van der Waals surface area contributed by atoms with Gasteiger partial charge >= 0.3 is 5.97 Å². The van der Waals surface area contributed by atoms with E-state index in [0.29, 0.717) is 16.3 Å². The largest absolute Gasteiger partial charge is 0.465 e. The zero-order valence-corrected chi connectivity index (χ0v) is 21.4. The lowest BCUT2D eigenvalue weighted by Crippen LogP contribution is -2.38. The number of methoxy groups -OCH3 is 1. The van der Waals surface area contributed by atoms with Gasteiger partial charge in [0.25, 0.3) is 10.0 Å². The van der Waals surface area contributed by atoms with Gasteiger partial charge in [-0.25, -0.2) is 13.2 Å². The third-order valence-electron chi connectivity index (χ3n) is 6.06. The molecule has 0 aliphatic heterocycles. The molecule has 0 radical (unpaired) electrons. The molecule has 0 spiro atoms. The van der Waals surface area contributed by atoms with Crippen LogP contribution in [0.25, 0.3) is 0 Å². The average molecular weight is 513 g/mol. The van der Waals surface area contributed by atoms with Crippen LogP contribution in [0.3, 0.4) is 0 Å². The second-order valence-corrected chi connectivity index (χ2v) is 11.3. The Labute approximate surface area is 209 Å². The number of nitrogens with zero attached hydrogens (tertiary/aromatic N) is 1. The molecule has 9 heteroatoms. The Bertz CT molecular complexity index is 1320. The first-order chi connectivity index (χ1) is 16.8. The molecule has 35 heavy (non-hydrogen) atoms. The Hall–Kier alpha value is -3.17. The summed E-state index contributed by atoms with van der Waals surface area (Å²) in [6, 6.07) is 15.1. The number of nitrogens with one attached hydrogen (secondary N) is 1. The summed E-state index contributed by atoms with van der Waals surface area (Å²) in [7, 11) is -2.70. The van der Waals surface area contributed by atoms with Crippen molar-refractivity contribution in [3.8, 4) is 0 Å². The molecule has 4 rings (SSSR count). The van der Waals surface area contributed by atoms with Crippen LogP contribution in [0.5, 0.6) is 0 Å². The maximum absolute atomic E-state index is 13.5. The number of thiophene rings is 1. The lowest BCUT2D eigenvalue weighted by Gasteiger charge is -2.24. The predicted molar refractivity (Wildman–Crippen MR) is 138 cm³/mol. The van der Waals surface area contributed by atoms with E-state index in [-0.39, 0.29) is 4.90 Å². The first-order valence-electron chi connectivity index (χ1n) is 11.5. The average Bonchev–Trinajstić information content (AvgIpc) is 3.25. The van der Waals surface area contributed by atoms with E-state index >= 15 is 0 Å². The van der Waals surface area contributed by atoms with E-state index in [0.717, 1.165) is 52.4 Å². The Kier molecular flexibility index (Phi) is 7.57. The number of ether oxygens (including phenoxy) is 1. The van der Waals surface area contributed by atoms with Gasteiger partial charge in [0.2, 0.25) is 5.91 Å². The summed E-state index contributed by atoms with van der Waals surface area (Å²) in [5.41, 5.74) is 2.75. The molecule has 1 aliphatic rings. The van der Waals surface area contributed by atoms with Gasteiger partial charge in [0.05, 0.1) is 23.3 Å². The van der Waals surface area contributed by atoms with Crippen LogP contribution in [0.15, 0.2) is 59.5 Å². The number of benzene rings is 2. The molecule has 1 amide bonds. The number of hydrogen-bond donors (Lipinski definition) is 1. The summed E-state index contributed by atoms with van der Waals surface area (Å²) in [6.07, 6.45) is 4.41. The molecule has 1 N–H and O–H groups in total. The topological polar surface area (TPSA) is 92.8 Å². The minimum Gasteiger partial charge on any atom is -0.465 e. The van der Waals surface area contributed by atoms with E-state index in [2.05, 4.69) is 5.32 Å². The van der Waals surface area contributed by atoms with Crippen molar-refractivity contribution in [3.05, 3.63) is 76.2 Å². The van der Waals surface area contributed by atoms with E-state index in [9.17, 15) is 18.0 Å². The zero-order valence-electron chi connectivity index (χ0n) is 19.7. The Morgan fingerprint density at radius 2 is 1.71 bits per heavy atom. The first kappa shape index (κ1) is 24.9. The van der Waals surface area contributed by atoms with Crippen LogP contribution in [0, 0.1) is 0 Å². The van der Waals surface area contributed by atoms with Crippen molar-refractivity contribution in [1.29, 1.82) is 0 Å². The van der Waals surface area contributed by atoms with Crippen LogP contribution in [0.4, 0.5) is 10.7 Å². The fourth-order valence-corrected chi connectivity index (χ4v) is 6.94. The lowest BCUT2D eigenvalue weighted by molar-refractivity contribution is -0.114. The minimum absolute atomic E-state index is 0.0919. The van der Waals surface area contributed by atoms with E-state index in [1.807, 2.05) is 19.1 Å². The summed E-state index contributed by atoms with van der Waals surface area (Å²) in [5.74, 6) is -1.03. The quantitative estimate of drug-likeness (QED) is 0.437. The predicted octanol–water partition coefficient (Wildman–Crippen LogP) is 4.81. The molecule has 0 saturated heterocycles. The van der Waals surface area contributed by atoms with Crippen LogP contribution in [-0.4, -0.2) is 33.9 Å². The number of carbonyl (C=O) groups is 2. The molecule has 0 atom stereocenters. The van der Waals surface area contributed by atoms with Crippen molar-refractivity contribution in [3.63, 3.8) is 0 Å². The summed E-state index contributed by atoms with van der Waals surface area (Å²) >= 11 is 1.36. The highest BCUT2D eigenvalue weighted by atomic mass is 32.2. The number of fused-ring (bicyclic) bond motifs is 1. The van der Waals surface area contributed by atoms with Crippen molar-refractivity contribution in [2.75, 3.05) is 23.3 Å². The van der Waals surface area contributed by atoms with Gasteiger partial charge in [-0.1, -0.05) is 37.3 Å². The highest BCUT2D eigenvalue weighted by molar-refractivity contribution is 7.92. The highest BCUT2D eigenvalue weighted by Gasteiger charge is 2.30. The van der Waals surface area contributed by atoms with Gasteiger partial charge in [-0.3, -0.25) is 9.10 Å². The molecule has 1 aliphatic carbocycles. The van der Waals surface area contributed by atoms with Crippen molar-refractivity contribution in [2.24, 2.45) is 0 Å². The standard InChI is InChI=1S/C26H28N2O5S2/c1-3-18-13-15-19(16-14-18)28(35(31,32)20-9-5-4-6-10-20)17-23(29)27-25-24(26(30)33-2)21-11-7-8-12-22(21)34-25/h4-6,9-10,13-16H,3,7-8,11-12,17H2,1-2H3,(H,27,29). The molecule has 0 bridgehead atoms. The Morgan fingerprint density at radius 3 is 2.37 bits per heavy atom. The second-order valence-electron chi connectivity index (χ2n) is 8.30. The minimum atomic E-state index is -4.01. The number of aryl methyl sites for hydroxylation is 2. The van der Waals surface area contributed by atoms with Gasteiger partial charge < -0.3 is 10.1 Å². The van der Waals surface area contributed by atoms with Crippen LogP contribution >= 0.6 is 11.3 Å². The Balaban J connectivity index is 1.67. The number of sulfonamides is 1. The van der Waals surface area contributed by atoms with Gasteiger partial charge in [0.1, 0.15) is 11.5 Å². The van der Waals surface area contributed by atoms with Gasteiger partial charge in [-0.05, 0) is 67.5 Å². The van der Waals surface area contributed by atoms with Crippen LogP contribution in [-0.2, 0) is 38.8 Å². The molecule has 0 fully saturated rings. The summed E-state index contributed by atoms with van der Waals surface area (Å²) in [4.78, 5) is 26.9. The monoisotopic (exact) mass is 512 g/mol. The number of hydrogen-bond acceptors (Lipinski definition) is 6. The summed E-state index contributed by atoms with van der Waals surface area (Å²) in [6.45, 7) is 1.58. The highest BCUT2D eigenvalue weighted by Crippen LogP contribution is 2.38. The third-order valence-corrected chi connectivity index (χ3v) is 9.06. The molecule has 1 heterocycles. The molecule has 0 saturated carbocycles. The molecule has 1 aromatic heterocycles. The second kappa shape index (κ2) is 10.6. The Morgan fingerprint density at radius 1 is 1.03 bits per heavy atom. The third kappa shape index (κ3) is 5.26. The molecular weight excluding hydrogens is 484 g/mol. The molecule has 184 valence electrons. The number of amides is 1. The molecule has 0 unspecified atom stereocenters. The van der Waals surface area contributed by atoms with Crippen LogP contribution in [0.1, 0.15) is 46.1 Å². The SMILES string of the molecule is CCc1ccc(N(CC(=O)Nc2sc3c(c2C(=O)OC)CCCC3)S(=O)(=O)c2ccccc2)cc1. The lowest BCUT2D eigenvalue weighted by atomic mass is 9.95.